The Hall–Kier alpha value is -2.51. The number of aliphatic hydroxyl groups is 1. The van der Waals surface area contributed by atoms with Crippen molar-refractivity contribution in [2.75, 3.05) is 12.4 Å². The summed E-state index contributed by atoms with van der Waals surface area (Å²) in [5.41, 5.74) is -6.73. The molecule has 7 nitrogen and oxygen atoms in total. The van der Waals surface area contributed by atoms with Gasteiger partial charge in [0.2, 0.25) is 5.12 Å². The van der Waals surface area contributed by atoms with Gasteiger partial charge in [-0.15, -0.1) is 0 Å². The number of fused-ring (bicyclic) bond motifs is 5. The summed E-state index contributed by atoms with van der Waals surface area (Å²) in [5.74, 6) is 2.08. The van der Waals surface area contributed by atoms with Crippen LogP contribution in [0.5, 0.6) is 0 Å². The highest BCUT2D eigenvalue weighted by molar-refractivity contribution is 8.14. The number of hydrogen-bond donors (Lipinski definition) is 1. The van der Waals surface area contributed by atoms with Gasteiger partial charge < -0.3 is 14.6 Å². The highest BCUT2D eigenvalue weighted by atomic mass is 32.2. The van der Waals surface area contributed by atoms with E-state index in [1.54, 1.807) is 20.8 Å². The van der Waals surface area contributed by atoms with Crippen LogP contribution in [0.1, 0.15) is 79.6 Å². The van der Waals surface area contributed by atoms with Crippen LogP contribution >= 0.6 is 11.8 Å². The second-order valence-corrected chi connectivity index (χ2v) is 13.7. The number of halogens is 2. The van der Waals surface area contributed by atoms with E-state index in [0.29, 0.717) is 6.42 Å². The molecule has 4 aliphatic rings. The number of ketones is 1. The minimum atomic E-state index is -2.30. The first-order chi connectivity index (χ1) is 20.2. The summed E-state index contributed by atoms with van der Waals surface area (Å²) in [6.45, 7) is 8.53. The minimum absolute atomic E-state index is 0.00695. The molecule has 10 heteroatoms. The summed E-state index contributed by atoms with van der Waals surface area (Å²) in [4.78, 5) is 50.7. The van der Waals surface area contributed by atoms with Crippen molar-refractivity contribution in [1.29, 1.82) is 0 Å². The van der Waals surface area contributed by atoms with Crippen molar-refractivity contribution in [3.8, 4) is 11.8 Å². The Labute approximate surface area is 256 Å². The quantitative estimate of drug-likeness (QED) is 0.290. The van der Waals surface area contributed by atoms with E-state index in [4.69, 9.17) is 9.47 Å². The van der Waals surface area contributed by atoms with Gasteiger partial charge in [0.05, 0.1) is 11.9 Å². The SMILES string of the molecule is CCCCC(=O)OCC#CCSC(=O)[C@@]1(OC(=O)CC)[C@H](C)CC2C3C[C@H](F)C4=CC(=O)C=CC4(C)[C@@]3(F)C(O)CC21C. The third kappa shape index (κ3) is 5.28. The van der Waals surface area contributed by atoms with Crippen molar-refractivity contribution in [2.45, 2.75) is 103 Å². The summed E-state index contributed by atoms with van der Waals surface area (Å²) in [6.07, 6.45) is 2.25. The predicted molar refractivity (Wildman–Crippen MR) is 158 cm³/mol. The third-order valence-electron chi connectivity index (χ3n) is 10.5. The Morgan fingerprint density at radius 3 is 2.53 bits per heavy atom. The Kier molecular flexibility index (Phi) is 9.68. The second kappa shape index (κ2) is 12.5. The summed E-state index contributed by atoms with van der Waals surface area (Å²) in [6, 6.07) is 0. The maximum Gasteiger partial charge on any atom is 0.306 e. The lowest BCUT2D eigenvalue weighted by molar-refractivity contribution is -0.228. The molecule has 4 aliphatic carbocycles. The first kappa shape index (κ1) is 33.4. The number of allylic oxidation sites excluding steroid dienone is 4. The molecule has 3 saturated carbocycles. The number of esters is 2. The van der Waals surface area contributed by atoms with Gasteiger partial charge in [-0.05, 0) is 56.3 Å². The van der Waals surface area contributed by atoms with E-state index in [-0.39, 0.29) is 49.6 Å². The van der Waals surface area contributed by atoms with Crippen LogP contribution < -0.4 is 0 Å². The first-order valence-corrected chi connectivity index (χ1v) is 16.2. The summed E-state index contributed by atoms with van der Waals surface area (Å²) in [5, 5.41) is 11.2. The summed E-state index contributed by atoms with van der Waals surface area (Å²) >= 11 is 0.866. The number of alkyl halides is 2. The molecule has 43 heavy (non-hydrogen) atoms. The molecule has 0 heterocycles. The van der Waals surface area contributed by atoms with Crippen LogP contribution in [0.3, 0.4) is 0 Å². The molecule has 9 atom stereocenters. The van der Waals surface area contributed by atoms with Gasteiger partial charge in [-0.2, -0.15) is 0 Å². The number of rotatable bonds is 8. The van der Waals surface area contributed by atoms with E-state index >= 15 is 8.78 Å². The predicted octanol–water partition coefficient (Wildman–Crippen LogP) is 5.24. The molecule has 5 unspecified atom stereocenters. The van der Waals surface area contributed by atoms with Crippen LogP contribution in [0.15, 0.2) is 23.8 Å². The van der Waals surface area contributed by atoms with Gasteiger partial charge >= 0.3 is 11.9 Å². The lowest BCUT2D eigenvalue weighted by Gasteiger charge is -2.63. The molecule has 0 bridgehead atoms. The van der Waals surface area contributed by atoms with Crippen LogP contribution in [-0.4, -0.2) is 63.8 Å². The zero-order chi connectivity index (χ0) is 31.8. The van der Waals surface area contributed by atoms with E-state index in [9.17, 15) is 24.3 Å². The minimum Gasteiger partial charge on any atom is -0.452 e. The van der Waals surface area contributed by atoms with Crippen LogP contribution in [0.2, 0.25) is 0 Å². The number of aliphatic hydroxyl groups excluding tert-OH is 1. The van der Waals surface area contributed by atoms with Crippen molar-refractivity contribution < 1.29 is 42.5 Å². The molecule has 0 aromatic heterocycles. The van der Waals surface area contributed by atoms with Crippen LogP contribution in [0, 0.1) is 40.4 Å². The molecule has 4 rings (SSSR count). The molecule has 0 aliphatic heterocycles. The van der Waals surface area contributed by atoms with Crippen molar-refractivity contribution in [2.24, 2.45) is 28.6 Å². The standard InChI is InChI=1S/C33H42F2O7S/c1-6-8-11-28(39)41-14-9-10-15-43-29(40)33(42-27(38)7-2)20(3)16-22-23-18-25(34)24-17-21(36)12-13-30(24,4)32(23,35)26(37)19-31(22,33)5/h12-13,17,20,22-23,25-26,37H,6-8,11,14-16,18-19H2,1-5H3/t20-,22?,23?,25+,26?,30?,31?,32+,33+/m1/s1. The highest BCUT2D eigenvalue weighted by Crippen LogP contribution is 2.72. The molecule has 0 radical (unpaired) electrons. The normalized spacial score (nSPS) is 39.4. The highest BCUT2D eigenvalue weighted by Gasteiger charge is 2.78. The van der Waals surface area contributed by atoms with E-state index in [1.165, 1.54) is 19.1 Å². The largest absolute Gasteiger partial charge is 0.452 e. The molecule has 0 spiro atoms. The van der Waals surface area contributed by atoms with Gasteiger partial charge in [0.25, 0.3) is 0 Å². The number of ether oxygens (including phenoxy) is 2. The van der Waals surface area contributed by atoms with E-state index < -0.39 is 69.0 Å². The van der Waals surface area contributed by atoms with Crippen molar-refractivity contribution in [3.05, 3.63) is 23.8 Å². The molecular weight excluding hydrogens is 578 g/mol. The number of unbranched alkanes of at least 4 members (excludes halogenated alkanes) is 1. The van der Waals surface area contributed by atoms with E-state index in [0.717, 1.165) is 30.7 Å². The third-order valence-corrected chi connectivity index (χ3v) is 11.3. The van der Waals surface area contributed by atoms with E-state index in [1.807, 2.05) is 6.92 Å². The summed E-state index contributed by atoms with van der Waals surface area (Å²) in [7, 11) is 0. The molecule has 1 N–H and O–H groups in total. The molecule has 0 aromatic carbocycles. The van der Waals surface area contributed by atoms with Gasteiger partial charge in [0, 0.05) is 35.5 Å². The molecule has 0 aromatic rings. The fourth-order valence-electron chi connectivity index (χ4n) is 8.29. The first-order valence-electron chi connectivity index (χ1n) is 15.2. The number of carbonyl (C=O) groups excluding carboxylic acids is 4. The van der Waals surface area contributed by atoms with Crippen molar-refractivity contribution in [3.63, 3.8) is 0 Å². The lowest BCUT2D eigenvalue weighted by atomic mass is 9.44. The van der Waals surface area contributed by atoms with Gasteiger partial charge in [-0.1, -0.05) is 63.8 Å². The molecule has 0 amide bonds. The fourth-order valence-corrected chi connectivity index (χ4v) is 9.29. The Morgan fingerprint density at radius 1 is 1.14 bits per heavy atom. The Bertz CT molecular complexity index is 1290. The van der Waals surface area contributed by atoms with Crippen molar-refractivity contribution >= 4 is 34.6 Å². The Balaban J connectivity index is 1.64. The number of thioether (sulfide) groups is 1. The van der Waals surface area contributed by atoms with Gasteiger partial charge in [-0.3, -0.25) is 19.2 Å². The number of carbonyl (C=O) groups is 4. The van der Waals surface area contributed by atoms with Crippen molar-refractivity contribution in [1.82, 2.24) is 0 Å². The molecular formula is C33H42F2O7S. The van der Waals surface area contributed by atoms with Crippen LogP contribution in [-0.2, 0) is 28.7 Å². The number of hydrogen-bond acceptors (Lipinski definition) is 8. The average molecular weight is 621 g/mol. The zero-order valence-electron chi connectivity index (χ0n) is 25.5. The van der Waals surface area contributed by atoms with Gasteiger partial charge in [0.15, 0.2) is 23.7 Å². The molecule has 0 saturated heterocycles. The van der Waals surface area contributed by atoms with Crippen LogP contribution in [0.25, 0.3) is 0 Å². The monoisotopic (exact) mass is 620 g/mol. The maximum atomic E-state index is 17.5. The smallest absolute Gasteiger partial charge is 0.306 e. The van der Waals surface area contributed by atoms with Gasteiger partial charge in [0.1, 0.15) is 6.17 Å². The molecule has 236 valence electrons. The Morgan fingerprint density at radius 2 is 1.86 bits per heavy atom. The molecule has 3 fully saturated rings. The maximum absolute atomic E-state index is 17.5. The van der Waals surface area contributed by atoms with Crippen LogP contribution in [0.4, 0.5) is 8.78 Å². The zero-order valence-corrected chi connectivity index (χ0v) is 26.4. The lowest BCUT2D eigenvalue weighted by Crippen LogP contribution is -2.70. The van der Waals surface area contributed by atoms with Gasteiger partial charge in [-0.25, -0.2) is 8.78 Å². The second-order valence-electron chi connectivity index (χ2n) is 12.8. The fraction of sp³-hybridized carbons (Fsp3) is 0.697. The summed E-state index contributed by atoms with van der Waals surface area (Å²) < 4.78 is 44.4. The average Bonchev–Trinajstić information content (AvgIpc) is 3.18. The van der Waals surface area contributed by atoms with E-state index in [2.05, 4.69) is 11.8 Å². The topological polar surface area (TPSA) is 107 Å².